The molecule has 31 heavy (non-hydrogen) atoms. The Labute approximate surface area is 183 Å². The van der Waals surface area contributed by atoms with Crippen LogP contribution in [0.1, 0.15) is 23.2 Å². The van der Waals surface area contributed by atoms with Crippen molar-refractivity contribution in [3.05, 3.63) is 70.5 Å². The van der Waals surface area contributed by atoms with E-state index in [2.05, 4.69) is 26.0 Å². The van der Waals surface area contributed by atoms with E-state index in [-0.39, 0.29) is 5.82 Å². The molecule has 4 heterocycles. The highest BCUT2D eigenvalue weighted by atomic mass is 35.5. The summed E-state index contributed by atoms with van der Waals surface area (Å²) in [4.78, 5) is 11.1. The van der Waals surface area contributed by atoms with Crippen molar-refractivity contribution in [3.8, 4) is 11.6 Å². The summed E-state index contributed by atoms with van der Waals surface area (Å²) in [5.74, 6) is 1.09. The fourth-order valence-electron chi connectivity index (χ4n) is 3.75. The molecule has 0 radical (unpaired) electrons. The fraction of sp³-hybridized carbons (Fsp3) is 0.227. The van der Waals surface area contributed by atoms with Crippen molar-refractivity contribution in [1.29, 1.82) is 0 Å². The van der Waals surface area contributed by atoms with Crippen LogP contribution >= 0.6 is 11.6 Å². The van der Waals surface area contributed by atoms with E-state index in [1.807, 2.05) is 6.20 Å². The molecule has 158 valence electrons. The molecule has 2 N–H and O–H groups in total. The van der Waals surface area contributed by atoms with Crippen LogP contribution in [0.4, 0.5) is 10.2 Å². The molecule has 0 fully saturated rings. The molecule has 5 rings (SSSR count). The third-order valence-corrected chi connectivity index (χ3v) is 5.82. The minimum absolute atomic E-state index is 0.235. The molecule has 7 nitrogen and oxygen atoms in total. The van der Waals surface area contributed by atoms with Gasteiger partial charge in [0.15, 0.2) is 17.2 Å². The van der Waals surface area contributed by atoms with Gasteiger partial charge in [0.25, 0.3) is 0 Å². The summed E-state index contributed by atoms with van der Waals surface area (Å²) in [5, 5.41) is 4.92. The lowest BCUT2D eigenvalue weighted by atomic mass is 10.0. The van der Waals surface area contributed by atoms with Gasteiger partial charge in [0, 0.05) is 30.2 Å². The molecule has 0 saturated heterocycles. The predicted octanol–water partition coefficient (Wildman–Crippen LogP) is 4.36. The molecular weight excluding hydrogens is 419 g/mol. The van der Waals surface area contributed by atoms with E-state index in [0.717, 1.165) is 24.2 Å². The van der Waals surface area contributed by atoms with Crippen LogP contribution in [0.3, 0.4) is 0 Å². The lowest BCUT2D eigenvalue weighted by Crippen LogP contribution is -2.29. The van der Waals surface area contributed by atoms with Crippen LogP contribution in [-0.4, -0.2) is 37.6 Å². The van der Waals surface area contributed by atoms with E-state index in [1.165, 1.54) is 0 Å². The summed E-state index contributed by atoms with van der Waals surface area (Å²) in [6, 6.07) is 7.02. The molecule has 0 atom stereocenters. The molecule has 0 aliphatic carbocycles. The van der Waals surface area contributed by atoms with Gasteiger partial charge >= 0.3 is 0 Å². The van der Waals surface area contributed by atoms with E-state index < -0.39 is 0 Å². The Morgan fingerprint density at radius 3 is 2.87 bits per heavy atom. The third kappa shape index (κ3) is 3.68. The smallest absolute Gasteiger partial charge is 0.218 e. The van der Waals surface area contributed by atoms with Gasteiger partial charge in [0.2, 0.25) is 5.82 Å². The van der Waals surface area contributed by atoms with E-state index in [4.69, 9.17) is 21.8 Å². The maximum atomic E-state index is 14.5. The molecule has 0 amide bonds. The maximum absolute atomic E-state index is 14.5. The number of nitrogens with two attached hydrogens (primary N) is 1. The zero-order valence-corrected chi connectivity index (χ0v) is 17.6. The minimum Gasteiger partial charge on any atom is -0.461 e. The molecule has 1 aliphatic heterocycles. The number of hydrogen-bond donors (Lipinski definition) is 1. The van der Waals surface area contributed by atoms with E-state index in [1.54, 1.807) is 42.0 Å². The van der Waals surface area contributed by atoms with Gasteiger partial charge in [-0.2, -0.15) is 0 Å². The predicted molar refractivity (Wildman–Crippen MR) is 117 cm³/mol. The Hall–Kier alpha value is -3.23. The topological polar surface area (TPSA) is 85.5 Å². The number of nitrogen functional groups attached to an aromatic ring is 1. The van der Waals surface area contributed by atoms with E-state index >= 15 is 0 Å². The zero-order valence-electron chi connectivity index (χ0n) is 16.8. The quantitative estimate of drug-likeness (QED) is 0.509. The van der Waals surface area contributed by atoms with Crippen molar-refractivity contribution in [3.63, 3.8) is 0 Å². The Kier molecular flexibility index (Phi) is 4.95. The van der Waals surface area contributed by atoms with Crippen LogP contribution in [0.15, 0.2) is 47.2 Å². The lowest BCUT2D eigenvalue weighted by molar-refractivity contribution is 0.289. The number of aryl methyl sites for hydroxylation is 1. The normalized spacial score (nSPS) is 14.9. The molecule has 3 aromatic heterocycles. The van der Waals surface area contributed by atoms with Crippen molar-refractivity contribution >= 4 is 28.6 Å². The molecule has 1 aromatic carbocycles. The number of furan rings is 1. The van der Waals surface area contributed by atoms with Crippen molar-refractivity contribution in [1.82, 2.24) is 24.5 Å². The monoisotopic (exact) mass is 438 g/mol. The fourth-order valence-corrected chi connectivity index (χ4v) is 3.95. The van der Waals surface area contributed by atoms with Crippen LogP contribution in [0.5, 0.6) is 0 Å². The zero-order chi connectivity index (χ0) is 21.5. The first-order valence-corrected chi connectivity index (χ1v) is 10.3. The number of nitrogens with zero attached hydrogens (tertiary/aromatic N) is 5. The van der Waals surface area contributed by atoms with Crippen LogP contribution < -0.4 is 5.73 Å². The van der Waals surface area contributed by atoms with Crippen LogP contribution in [0, 0.1) is 12.7 Å². The summed E-state index contributed by atoms with van der Waals surface area (Å²) >= 11 is 6.23. The highest BCUT2D eigenvalue weighted by Crippen LogP contribution is 2.28. The van der Waals surface area contributed by atoms with Crippen molar-refractivity contribution in [2.24, 2.45) is 0 Å². The van der Waals surface area contributed by atoms with Gasteiger partial charge in [-0.1, -0.05) is 23.7 Å². The first-order chi connectivity index (χ1) is 15.0. The van der Waals surface area contributed by atoms with Gasteiger partial charge in [-0.3, -0.25) is 4.90 Å². The number of aromatic nitrogens is 4. The second-order valence-electron chi connectivity index (χ2n) is 7.56. The van der Waals surface area contributed by atoms with Crippen molar-refractivity contribution < 1.29 is 8.81 Å². The Morgan fingerprint density at radius 1 is 1.26 bits per heavy atom. The maximum Gasteiger partial charge on any atom is 0.218 e. The molecule has 4 aromatic rings. The number of halogens is 2. The molecule has 0 spiro atoms. The Bertz CT molecular complexity index is 1300. The largest absolute Gasteiger partial charge is 0.461 e. The van der Waals surface area contributed by atoms with Gasteiger partial charge in [-0.25, -0.2) is 18.9 Å². The van der Waals surface area contributed by atoms with E-state index in [9.17, 15) is 4.39 Å². The SMILES string of the molecule is Cc1ccc(Cl)c(CN2CC=C(c3cn4nc(-c5ccco5)nc4c(N)n3)CC2)c1F. The Balaban J connectivity index is 1.38. The summed E-state index contributed by atoms with van der Waals surface area (Å²) in [5.41, 5.74) is 9.58. The first kappa shape index (κ1) is 19.7. The van der Waals surface area contributed by atoms with Crippen LogP contribution in [0.25, 0.3) is 22.8 Å². The van der Waals surface area contributed by atoms with Crippen molar-refractivity contribution in [2.45, 2.75) is 19.9 Å². The molecule has 1 aliphatic rings. The molecule has 0 bridgehead atoms. The highest BCUT2D eigenvalue weighted by Gasteiger charge is 2.20. The average Bonchev–Trinajstić information content (AvgIpc) is 3.44. The van der Waals surface area contributed by atoms with Crippen LogP contribution in [0.2, 0.25) is 5.02 Å². The molecule has 9 heteroatoms. The Morgan fingerprint density at radius 2 is 2.13 bits per heavy atom. The molecular formula is C22H20ClFN6O. The standard InChI is InChI=1S/C22H20ClFN6O/c1-13-4-5-16(23)15(19(13)24)11-29-8-6-14(7-9-29)17-12-30-22(20(25)26-17)27-21(28-30)18-3-2-10-31-18/h2-6,10,12H,7-9,11H2,1H3,(H2,25,26). The van der Waals surface area contributed by atoms with Gasteiger partial charge in [0.1, 0.15) is 5.82 Å². The number of rotatable bonds is 4. The number of hydrogen-bond acceptors (Lipinski definition) is 6. The number of benzene rings is 1. The second-order valence-corrected chi connectivity index (χ2v) is 7.97. The minimum atomic E-state index is -0.235. The van der Waals surface area contributed by atoms with Crippen LogP contribution in [-0.2, 0) is 6.54 Å². The number of fused-ring (bicyclic) bond motifs is 1. The van der Waals surface area contributed by atoms with Gasteiger partial charge in [-0.05, 0) is 42.7 Å². The lowest BCUT2D eigenvalue weighted by Gasteiger charge is -2.27. The third-order valence-electron chi connectivity index (χ3n) is 5.47. The van der Waals surface area contributed by atoms with E-state index in [0.29, 0.717) is 52.3 Å². The second kappa shape index (κ2) is 7.79. The average molecular weight is 439 g/mol. The van der Waals surface area contributed by atoms with Gasteiger partial charge in [-0.15, -0.1) is 5.10 Å². The first-order valence-electron chi connectivity index (χ1n) is 9.91. The number of anilines is 1. The van der Waals surface area contributed by atoms with Gasteiger partial charge < -0.3 is 10.2 Å². The summed E-state index contributed by atoms with van der Waals surface area (Å²) in [6.45, 7) is 3.62. The van der Waals surface area contributed by atoms with Crippen molar-refractivity contribution in [2.75, 3.05) is 18.8 Å². The van der Waals surface area contributed by atoms with Gasteiger partial charge in [0.05, 0.1) is 18.2 Å². The molecule has 0 unspecified atom stereocenters. The summed E-state index contributed by atoms with van der Waals surface area (Å²) < 4.78 is 21.5. The summed E-state index contributed by atoms with van der Waals surface area (Å²) in [7, 11) is 0. The highest BCUT2D eigenvalue weighted by molar-refractivity contribution is 6.31. The molecule has 0 saturated carbocycles. The summed E-state index contributed by atoms with van der Waals surface area (Å²) in [6.07, 6.45) is 6.23.